The van der Waals surface area contributed by atoms with Crippen molar-refractivity contribution in [1.82, 2.24) is 14.1 Å². The molecule has 2 aliphatic rings. The van der Waals surface area contributed by atoms with Crippen LogP contribution in [0.4, 0.5) is 0 Å². The Morgan fingerprint density at radius 2 is 1.66 bits per heavy atom. The molecule has 12 nitrogen and oxygen atoms in total. The number of amides is 2. The molecule has 35 heavy (non-hydrogen) atoms. The third kappa shape index (κ3) is 5.47. The first-order valence-corrected chi connectivity index (χ1v) is 12.4. The number of esters is 1. The van der Waals surface area contributed by atoms with E-state index in [1.54, 1.807) is 17.0 Å². The van der Waals surface area contributed by atoms with Crippen molar-refractivity contribution in [3.8, 4) is 5.75 Å². The maximum Gasteiger partial charge on any atom is 0.342 e. The summed E-state index contributed by atoms with van der Waals surface area (Å²) in [6, 6.07) is 6.52. The van der Waals surface area contributed by atoms with Crippen molar-refractivity contribution in [2.24, 2.45) is 0 Å². The van der Waals surface area contributed by atoms with E-state index in [1.165, 1.54) is 21.5 Å². The molecule has 4 rings (SSSR count). The average Bonchev–Trinajstić information content (AvgIpc) is 3.42. The van der Waals surface area contributed by atoms with E-state index in [0.29, 0.717) is 13.1 Å². The predicted molar refractivity (Wildman–Crippen MR) is 119 cm³/mol. The maximum absolute atomic E-state index is 12.8. The predicted octanol–water partition coefficient (Wildman–Crippen LogP) is 0.148. The third-order valence-electron chi connectivity index (χ3n) is 5.77. The summed E-state index contributed by atoms with van der Waals surface area (Å²) in [6.45, 7) is 1.38. The highest BCUT2D eigenvalue weighted by molar-refractivity contribution is 7.89. The summed E-state index contributed by atoms with van der Waals surface area (Å²) in [5, 5.41) is 10.1. The smallest absolute Gasteiger partial charge is 0.342 e. The van der Waals surface area contributed by atoms with Crippen LogP contribution in [0.5, 0.6) is 5.75 Å². The molecule has 13 heteroatoms. The van der Waals surface area contributed by atoms with Crippen LogP contribution in [0.3, 0.4) is 0 Å². The number of carbonyl (C=O) groups is 3. The number of phenolic OH excluding ortho intramolecular Hbond substituents is 1. The number of piperazine rings is 1. The molecule has 2 aromatic rings. The van der Waals surface area contributed by atoms with Gasteiger partial charge in [0.1, 0.15) is 11.3 Å². The van der Waals surface area contributed by atoms with Gasteiger partial charge < -0.3 is 28.8 Å². The fourth-order valence-corrected chi connectivity index (χ4v) is 5.22. The molecule has 0 saturated carbocycles. The quantitative estimate of drug-likeness (QED) is 0.540. The number of sulfonamides is 1. The van der Waals surface area contributed by atoms with Crippen LogP contribution in [0.25, 0.3) is 0 Å². The number of ether oxygens (including phenoxy) is 2. The average molecular weight is 508 g/mol. The van der Waals surface area contributed by atoms with Gasteiger partial charge >= 0.3 is 5.97 Å². The van der Waals surface area contributed by atoms with Gasteiger partial charge in [0.15, 0.2) is 12.4 Å². The Morgan fingerprint density at radius 3 is 2.31 bits per heavy atom. The molecule has 2 fully saturated rings. The molecule has 0 spiro atoms. The molecule has 0 unspecified atom stereocenters. The Bertz CT molecular complexity index is 1180. The van der Waals surface area contributed by atoms with Gasteiger partial charge in [-0.25, -0.2) is 13.2 Å². The van der Waals surface area contributed by atoms with E-state index in [0.717, 1.165) is 12.1 Å². The molecule has 1 aromatic heterocycles. The number of benzene rings is 1. The minimum atomic E-state index is -3.89. The fraction of sp³-hybridized carbons (Fsp3) is 0.409. The zero-order valence-corrected chi connectivity index (χ0v) is 19.6. The molecule has 0 atom stereocenters. The number of phenols is 1. The van der Waals surface area contributed by atoms with E-state index in [-0.39, 0.29) is 61.5 Å². The van der Waals surface area contributed by atoms with Gasteiger partial charge in [0.05, 0.1) is 24.4 Å². The van der Waals surface area contributed by atoms with Crippen LogP contribution in [-0.2, 0) is 24.3 Å². The summed E-state index contributed by atoms with van der Waals surface area (Å²) in [7, 11) is -3.89. The molecular formula is C22H25N3O9S. The largest absolute Gasteiger partial charge is 0.507 e. The summed E-state index contributed by atoms with van der Waals surface area (Å²) < 4.78 is 42.2. The Balaban J connectivity index is 1.33. The van der Waals surface area contributed by atoms with Gasteiger partial charge in [-0.15, -0.1) is 0 Å². The van der Waals surface area contributed by atoms with Crippen molar-refractivity contribution in [3.05, 3.63) is 47.9 Å². The van der Waals surface area contributed by atoms with Crippen LogP contribution < -0.4 is 0 Å². The van der Waals surface area contributed by atoms with Gasteiger partial charge in [-0.05, 0) is 30.3 Å². The van der Waals surface area contributed by atoms with Crippen molar-refractivity contribution in [2.45, 2.75) is 4.90 Å². The SMILES string of the molecule is O=C(OCC(=O)N1CCN(C(=O)c2ccco2)CC1)c1cc(S(=O)(=O)N2CCOCC2)ccc1O. The van der Waals surface area contributed by atoms with Gasteiger partial charge in [0.25, 0.3) is 11.8 Å². The minimum Gasteiger partial charge on any atom is -0.507 e. The van der Waals surface area contributed by atoms with E-state index in [9.17, 15) is 27.9 Å². The van der Waals surface area contributed by atoms with E-state index in [2.05, 4.69) is 0 Å². The highest BCUT2D eigenvalue weighted by Crippen LogP contribution is 2.25. The Hall–Kier alpha value is -3.42. The Labute approximate surface area is 201 Å². The first-order valence-electron chi connectivity index (χ1n) is 11.0. The van der Waals surface area contributed by atoms with Crippen LogP contribution in [0, 0.1) is 0 Å². The van der Waals surface area contributed by atoms with E-state index in [1.807, 2.05) is 0 Å². The zero-order chi connectivity index (χ0) is 25.0. The maximum atomic E-state index is 12.8. The van der Waals surface area contributed by atoms with Crippen LogP contribution in [0.2, 0.25) is 0 Å². The van der Waals surface area contributed by atoms with Crippen LogP contribution in [0.15, 0.2) is 45.9 Å². The van der Waals surface area contributed by atoms with Gasteiger partial charge in [0.2, 0.25) is 10.0 Å². The van der Waals surface area contributed by atoms with Crippen LogP contribution in [0.1, 0.15) is 20.9 Å². The number of hydrogen-bond donors (Lipinski definition) is 1. The molecule has 1 N–H and O–H groups in total. The minimum absolute atomic E-state index is 0.173. The van der Waals surface area contributed by atoms with E-state index < -0.39 is 34.3 Å². The van der Waals surface area contributed by atoms with Crippen LogP contribution >= 0.6 is 0 Å². The molecule has 188 valence electrons. The van der Waals surface area contributed by atoms with Crippen molar-refractivity contribution in [3.63, 3.8) is 0 Å². The summed E-state index contributed by atoms with van der Waals surface area (Å²) in [4.78, 5) is 40.2. The molecule has 2 amide bonds. The first kappa shape index (κ1) is 24.7. The zero-order valence-electron chi connectivity index (χ0n) is 18.8. The van der Waals surface area contributed by atoms with Crippen molar-refractivity contribution in [2.75, 3.05) is 59.1 Å². The first-order chi connectivity index (χ1) is 16.8. The van der Waals surface area contributed by atoms with Gasteiger partial charge in [-0.2, -0.15) is 4.31 Å². The summed E-state index contributed by atoms with van der Waals surface area (Å²) in [5.41, 5.74) is -0.360. The highest BCUT2D eigenvalue weighted by Gasteiger charge is 2.29. The number of rotatable bonds is 6. The van der Waals surface area contributed by atoms with E-state index in [4.69, 9.17) is 13.9 Å². The lowest BCUT2D eigenvalue weighted by molar-refractivity contribution is -0.136. The third-order valence-corrected chi connectivity index (χ3v) is 7.67. The fourth-order valence-electron chi connectivity index (χ4n) is 3.79. The van der Waals surface area contributed by atoms with Gasteiger partial charge in [0, 0.05) is 39.3 Å². The molecule has 1 aromatic carbocycles. The van der Waals surface area contributed by atoms with Crippen LogP contribution in [-0.4, -0.2) is 105 Å². The van der Waals surface area contributed by atoms with Crippen molar-refractivity contribution >= 4 is 27.8 Å². The van der Waals surface area contributed by atoms with Crippen molar-refractivity contribution < 1.29 is 41.8 Å². The van der Waals surface area contributed by atoms with Gasteiger partial charge in [-0.3, -0.25) is 9.59 Å². The molecule has 0 aliphatic carbocycles. The normalized spacial score (nSPS) is 17.3. The highest BCUT2D eigenvalue weighted by atomic mass is 32.2. The number of aromatic hydroxyl groups is 1. The molecule has 2 aliphatic heterocycles. The summed E-state index contributed by atoms with van der Waals surface area (Å²) in [5.74, 6) is -2.01. The lowest BCUT2D eigenvalue weighted by atomic mass is 10.2. The molecule has 2 saturated heterocycles. The summed E-state index contributed by atoms with van der Waals surface area (Å²) >= 11 is 0. The lowest BCUT2D eigenvalue weighted by Crippen LogP contribution is -2.51. The van der Waals surface area contributed by atoms with Gasteiger partial charge in [-0.1, -0.05) is 0 Å². The molecule has 3 heterocycles. The molecule has 0 bridgehead atoms. The van der Waals surface area contributed by atoms with E-state index >= 15 is 0 Å². The number of carbonyl (C=O) groups excluding carboxylic acids is 3. The summed E-state index contributed by atoms with van der Waals surface area (Å²) in [6.07, 6.45) is 1.41. The number of hydrogen-bond acceptors (Lipinski definition) is 9. The topological polar surface area (TPSA) is 147 Å². The number of nitrogens with zero attached hydrogens (tertiary/aromatic N) is 3. The second-order valence-electron chi connectivity index (χ2n) is 7.92. The molecule has 0 radical (unpaired) electrons. The second-order valence-corrected chi connectivity index (χ2v) is 9.86. The second kappa shape index (κ2) is 10.5. The number of furan rings is 1. The van der Waals surface area contributed by atoms with Crippen molar-refractivity contribution in [1.29, 1.82) is 0 Å². The monoisotopic (exact) mass is 507 g/mol. The standard InChI is InChI=1S/C22H25N3O9S/c26-18-4-3-16(35(30,31)25-9-12-32-13-10-25)14-17(18)22(29)34-15-20(27)23-5-7-24(8-6-23)21(28)19-2-1-11-33-19/h1-4,11,14,26H,5-10,12-13,15H2. The lowest BCUT2D eigenvalue weighted by Gasteiger charge is -2.34. The Morgan fingerprint density at radius 1 is 0.971 bits per heavy atom. The number of morpholine rings is 1. The Kier molecular flexibility index (Phi) is 7.38. The molecular weight excluding hydrogens is 482 g/mol.